The molecule has 0 aromatic heterocycles. The molecule has 2 N–H and O–H groups in total. The van der Waals surface area contributed by atoms with Crippen LogP contribution in [-0.2, 0) is 22.3 Å². The predicted octanol–water partition coefficient (Wildman–Crippen LogP) is 3.76. The quantitative estimate of drug-likeness (QED) is 0.858. The largest absolute Gasteiger partial charge is 0.479 e. The zero-order chi connectivity index (χ0) is 18.4. The van der Waals surface area contributed by atoms with Gasteiger partial charge in [-0.3, -0.25) is 0 Å². The summed E-state index contributed by atoms with van der Waals surface area (Å²) in [4.78, 5) is 23.1. The van der Waals surface area contributed by atoms with Crippen molar-refractivity contribution in [2.75, 3.05) is 0 Å². The summed E-state index contributed by atoms with van der Waals surface area (Å²) in [6.07, 6.45) is -5.52. The molecule has 0 radical (unpaired) electrons. The molecule has 5 nitrogen and oxygen atoms in total. The molecule has 0 aliphatic rings. The van der Waals surface area contributed by atoms with Crippen LogP contribution >= 0.6 is 0 Å². The normalized spacial score (nSPS) is 12.3. The number of nitrogens with one attached hydrogen (secondary N) is 1. The van der Waals surface area contributed by atoms with Crippen molar-refractivity contribution < 1.29 is 32.6 Å². The number of ether oxygens (including phenoxy) is 1. The van der Waals surface area contributed by atoms with Crippen molar-refractivity contribution in [3.05, 3.63) is 71.3 Å². The molecule has 0 fully saturated rings. The molecule has 0 unspecified atom stereocenters. The average molecular weight is 353 g/mol. The Morgan fingerprint density at radius 2 is 1.64 bits per heavy atom. The summed E-state index contributed by atoms with van der Waals surface area (Å²) in [6, 6.07) is 10.7. The summed E-state index contributed by atoms with van der Waals surface area (Å²) in [6.45, 7) is -0.0635. The van der Waals surface area contributed by atoms with E-state index >= 15 is 0 Å². The Hall–Kier alpha value is -3.03. The Morgan fingerprint density at radius 3 is 2.16 bits per heavy atom. The molecule has 0 bridgehead atoms. The molecule has 0 aliphatic heterocycles. The van der Waals surface area contributed by atoms with Crippen LogP contribution in [0, 0.1) is 0 Å². The molecular formula is C17H14F3NO4. The fourth-order valence-electron chi connectivity index (χ4n) is 2.03. The van der Waals surface area contributed by atoms with Gasteiger partial charge in [0.2, 0.25) is 0 Å². The highest BCUT2D eigenvalue weighted by Crippen LogP contribution is 2.30. The Labute approximate surface area is 141 Å². The third-order valence-electron chi connectivity index (χ3n) is 3.29. The van der Waals surface area contributed by atoms with E-state index in [9.17, 15) is 27.9 Å². The number of carbonyl (C=O) groups excluding carboxylic acids is 1. The van der Waals surface area contributed by atoms with Gasteiger partial charge in [-0.05, 0) is 23.3 Å². The molecule has 25 heavy (non-hydrogen) atoms. The lowest BCUT2D eigenvalue weighted by Crippen LogP contribution is -2.34. The molecule has 0 saturated carbocycles. The van der Waals surface area contributed by atoms with E-state index in [1.54, 1.807) is 30.3 Å². The highest BCUT2D eigenvalue weighted by molar-refractivity contribution is 5.81. The number of alkyl halides is 3. The second kappa shape index (κ2) is 7.69. The first-order chi connectivity index (χ1) is 11.8. The number of amides is 1. The van der Waals surface area contributed by atoms with Crippen LogP contribution in [0.4, 0.5) is 18.0 Å². The van der Waals surface area contributed by atoms with Gasteiger partial charge >= 0.3 is 18.2 Å². The van der Waals surface area contributed by atoms with Crippen molar-refractivity contribution in [2.24, 2.45) is 0 Å². The number of halogens is 3. The van der Waals surface area contributed by atoms with Crippen LogP contribution in [0.1, 0.15) is 22.7 Å². The molecule has 0 saturated heterocycles. The van der Waals surface area contributed by atoms with Gasteiger partial charge in [0.1, 0.15) is 6.61 Å². The van der Waals surface area contributed by atoms with Gasteiger partial charge in [0.15, 0.2) is 6.04 Å². The van der Waals surface area contributed by atoms with Gasteiger partial charge in [-0.2, -0.15) is 13.2 Å². The molecule has 1 amide bonds. The number of rotatable bonds is 5. The Balaban J connectivity index is 2.03. The molecule has 0 aliphatic carbocycles. The van der Waals surface area contributed by atoms with Crippen LogP contribution in [0.3, 0.4) is 0 Å². The van der Waals surface area contributed by atoms with Crippen LogP contribution in [0.5, 0.6) is 0 Å². The maximum atomic E-state index is 12.5. The van der Waals surface area contributed by atoms with Gasteiger partial charge in [-0.1, -0.05) is 42.5 Å². The van der Waals surface area contributed by atoms with Crippen LogP contribution in [0.15, 0.2) is 54.6 Å². The SMILES string of the molecule is O=C(N[C@@H](C(=O)O)c1ccc(C(F)(F)F)cc1)OCc1ccccc1. The molecule has 2 aromatic rings. The second-order valence-corrected chi connectivity index (χ2v) is 5.10. The Bertz CT molecular complexity index is 730. The molecule has 2 rings (SSSR count). The van der Waals surface area contributed by atoms with Crippen molar-refractivity contribution in [3.63, 3.8) is 0 Å². The zero-order valence-corrected chi connectivity index (χ0v) is 12.8. The summed E-state index contributed by atoms with van der Waals surface area (Å²) < 4.78 is 42.5. The predicted molar refractivity (Wildman–Crippen MR) is 81.6 cm³/mol. The molecule has 1 atom stereocenters. The molecular weight excluding hydrogens is 339 g/mol. The maximum absolute atomic E-state index is 12.5. The highest BCUT2D eigenvalue weighted by atomic mass is 19.4. The van der Waals surface area contributed by atoms with Gasteiger partial charge < -0.3 is 15.2 Å². The van der Waals surface area contributed by atoms with E-state index in [1.165, 1.54) is 0 Å². The molecule has 0 heterocycles. The summed E-state index contributed by atoms with van der Waals surface area (Å²) >= 11 is 0. The van der Waals surface area contributed by atoms with Crippen LogP contribution in [0.2, 0.25) is 0 Å². The number of benzene rings is 2. The lowest BCUT2D eigenvalue weighted by Gasteiger charge is -2.16. The summed E-state index contributed by atoms with van der Waals surface area (Å²) in [7, 11) is 0. The first-order valence-electron chi connectivity index (χ1n) is 7.14. The lowest BCUT2D eigenvalue weighted by molar-refractivity contribution is -0.139. The standard InChI is InChI=1S/C17H14F3NO4/c18-17(19,20)13-8-6-12(7-9-13)14(15(22)23)21-16(24)25-10-11-4-2-1-3-5-11/h1-9,14H,10H2,(H,21,24)(H,22,23)/t14-/m1/s1. The fourth-order valence-corrected chi connectivity index (χ4v) is 2.03. The Morgan fingerprint density at radius 1 is 1.04 bits per heavy atom. The van der Waals surface area contributed by atoms with E-state index in [4.69, 9.17) is 4.74 Å². The van der Waals surface area contributed by atoms with Crippen molar-refractivity contribution in [2.45, 2.75) is 18.8 Å². The van der Waals surface area contributed by atoms with Crippen LogP contribution in [0.25, 0.3) is 0 Å². The Kier molecular flexibility index (Phi) is 5.63. The summed E-state index contributed by atoms with van der Waals surface area (Å²) in [5, 5.41) is 11.3. The zero-order valence-electron chi connectivity index (χ0n) is 12.8. The van der Waals surface area contributed by atoms with Crippen LogP contribution in [-0.4, -0.2) is 17.2 Å². The molecule has 0 spiro atoms. The van der Waals surface area contributed by atoms with Gasteiger partial charge in [0, 0.05) is 0 Å². The number of aliphatic carboxylic acids is 1. The van der Waals surface area contributed by atoms with E-state index < -0.39 is 29.8 Å². The molecule has 132 valence electrons. The summed E-state index contributed by atoms with van der Waals surface area (Å²) in [5.74, 6) is -1.42. The van der Waals surface area contributed by atoms with Crippen molar-refractivity contribution in [1.29, 1.82) is 0 Å². The van der Waals surface area contributed by atoms with E-state index in [-0.39, 0.29) is 12.2 Å². The number of hydrogen-bond donors (Lipinski definition) is 2. The second-order valence-electron chi connectivity index (χ2n) is 5.10. The minimum atomic E-state index is -4.53. The lowest BCUT2D eigenvalue weighted by atomic mass is 10.0. The van der Waals surface area contributed by atoms with Gasteiger partial charge in [0.05, 0.1) is 5.56 Å². The van der Waals surface area contributed by atoms with Crippen molar-refractivity contribution in [1.82, 2.24) is 5.32 Å². The minimum Gasteiger partial charge on any atom is -0.479 e. The molecule has 2 aromatic carbocycles. The van der Waals surface area contributed by atoms with Crippen LogP contribution < -0.4 is 5.32 Å². The number of carboxylic acid groups (broad SMARTS) is 1. The van der Waals surface area contributed by atoms with E-state index in [2.05, 4.69) is 5.32 Å². The third-order valence-corrected chi connectivity index (χ3v) is 3.29. The third kappa shape index (κ3) is 5.23. The number of carboxylic acids is 1. The minimum absolute atomic E-state index is 0.00263. The van der Waals surface area contributed by atoms with Gasteiger partial charge in [0.25, 0.3) is 0 Å². The number of carbonyl (C=O) groups is 2. The van der Waals surface area contributed by atoms with Crippen molar-refractivity contribution in [3.8, 4) is 0 Å². The first kappa shape index (κ1) is 18.3. The average Bonchev–Trinajstić information content (AvgIpc) is 2.58. The van der Waals surface area contributed by atoms with Gasteiger partial charge in [-0.25, -0.2) is 9.59 Å². The number of hydrogen-bond acceptors (Lipinski definition) is 3. The van der Waals surface area contributed by atoms with E-state index in [0.717, 1.165) is 24.3 Å². The van der Waals surface area contributed by atoms with E-state index in [0.29, 0.717) is 5.56 Å². The topological polar surface area (TPSA) is 75.6 Å². The highest BCUT2D eigenvalue weighted by Gasteiger charge is 2.31. The summed E-state index contributed by atoms with van der Waals surface area (Å²) in [5.41, 5.74) is -0.205. The maximum Gasteiger partial charge on any atom is 0.416 e. The van der Waals surface area contributed by atoms with Crippen molar-refractivity contribution >= 4 is 12.1 Å². The first-order valence-corrected chi connectivity index (χ1v) is 7.14. The number of alkyl carbamates (subject to hydrolysis) is 1. The van der Waals surface area contributed by atoms with Gasteiger partial charge in [-0.15, -0.1) is 0 Å². The van der Waals surface area contributed by atoms with E-state index in [1.807, 2.05) is 0 Å². The smallest absolute Gasteiger partial charge is 0.416 e. The molecule has 8 heteroatoms. The fraction of sp³-hybridized carbons (Fsp3) is 0.176. The monoisotopic (exact) mass is 353 g/mol.